The molecule has 5 rings (SSSR count). The SMILES string of the molecule is CC(=O)NCc1ccc(-c2csc(NC(=O)c3ccc4noc(-c5ccccc5)c4c3)n2)cc1. The smallest absolute Gasteiger partial charge is 0.257 e. The van der Waals surface area contributed by atoms with Gasteiger partial charge in [-0.15, -0.1) is 11.3 Å². The first-order valence-electron chi connectivity index (χ1n) is 10.6. The maximum absolute atomic E-state index is 12.9. The van der Waals surface area contributed by atoms with Crippen molar-refractivity contribution >= 4 is 39.2 Å². The molecule has 0 unspecified atom stereocenters. The minimum atomic E-state index is -0.256. The Kier molecular flexibility index (Phi) is 5.88. The largest absolute Gasteiger partial charge is 0.355 e. The molecule has 0 saturated heterocycles. The number of carbonyl (C=O) groups excluding carboxylic acids is 2. The van der Waals surface area contributed by atoms with Crippen molar-refractivity contribution in [3.63, 3.8) is 0 Å². The average Bonchev–Trinajstić information content (AvgIpc) is 3.50. The molecule has 0 aliphatic carbocycles. The minimum absolute atomic E-state index is 0.0663. The molecule has 0 spiro atoms. The summed E-state index contributed by atoms with van der Waals surface area (Å²) < 4.78 is 5.53. The van der Waals surface area contributed by atoms with Crippen molar-refractivity contribution in [3.8, 4) is 22.6 Å². The van der Waals surface area contributed by atoms with E-state index in [1.54, 1.807) is 18.2 Å². The van der Waals surface area contributed by atoms with Gasteiger partial charge in [-0.2, -0.15) is 0 Å². The zero-order chi connectivity index (χ0) is 23.5. The number of rotatable bonds is 6. The monoisotopic (exact) mass is 468 g/mol. The van der Waals surface area contributed by atoms with Gasteiger partial charge in [0.15, 0.2) is 10.9 Å². The molecule has 0 fully saturated rings. The highest BCUT2D eigenvalue weighted by atomic mass is 32.1. The van der Waals surface area contributed by atoms with Gasteiger partial charge in [-0.05, 0) is 23.8 Å². The summed E-state index contributed by atoms with van der Waals surface area (Å²) >= 11 is 1.36. The van der Waals surface area contributed by atoms with Gasteiger partial charge in [0.2, 0.25) is 5.91 Å². The molecule has 2 N–H and O–H groups in total. The summed E-state index contributed by atoms with van der Waals surface area (Å²) in [5.41, 5.74) is 4.78. The lowest BCUT2D eigenvalue weighted by Crippen LogP contribution is -2.18. The normalized spacial score (nSPS) is 10.9. The van der Waals surface area contributed by atoms with E-state index in [1.165, 1.54) is 18.3 Å². The number of thiazole rings is 1. The van der Waals surface area contributed by atoms with Crippen molar-refractivity contribution in [2.45, 2.75) is 13.5 Å². The fourth-order valence-electron chi connectivity index (χ4n) is 3.53. The van der Waals surface area contributed by atoms with Crippen molar-refractivity contribution < 1.29 is 14.1 Å². The van der Waals surface area contributed by atoms with Crippen LogP contribution in [0.3, 0.4) is 0 Å². The molecule has 2 aromatic heterocycles. The number of amides is 2. The standard InChI is InChI=1S/C26H20N4O3S/c1-16(31)27-14-17-7-9-18(10-8-17)23-15-34-26(28-23)29-25(32)20-11-12-22-21(13-20)24(33-30-22)19-5-3-2-4-6-19/h2-13,15H,14H2,1H3,(H,27,31)(H,28,29,32). The van der Waals surface area contributed by atoms with E-state index in [4.69, 9.17) is 4.52 Å². The molecule has 2 amide bonds. The molecule has 0 aliphatic heterocycles. The first-order chi connectivity index (χ1) is 16.6. The van der Waals surface area contributed by atoms with Crippen LogP contribution in [-0.4, -0.2) is 22.0 Å². The van der Waals surface area contributed by atoms with Crippen LogP contribution in [-0.2, 0) is 11.3 Å². The second-order valence-electron chi connectivity index (χ2n) is 7.71. The van der Waals surface area contributed by atoms with Crippen LogP contribution in [0.2, 0.25) is 0 Å². The lowest BCUT2D eigenvalue weighted by Gasteiger charge is -2.04. The van der Waals surface area contributed by atoms with Crippen LogP contribution in [0.5, 0.6) is 0 Å². The van der Waals surface area contributed by atoms with Crippen molar-refractivity contribution in [1.82, 2.24) is 15.5 Å². The summed E-state index contributed by atoms with van der Waals surface area (Å²) in [6, 6.07) is 22.7. The highest BCUT2D eigenvalue weighted by Crippen LogP contribution is 2.30. The number of nitrogens with one attached hydrogen (secondary N) is 2. The quantitative estimate of drug-likeness (QED) is 0.343. The number of hydrogen-bond donors (Lipinski definition) is 2. The van der Waals surface area contributed by atoms with Gasteiger partial charge in [-0.25, -0.2) is 4.98 Å². The fourth-order valence-corrected chi connectivity index (χ4v) is 4.25. The summed E-state index contributed by atoms with van der Waals surface area (Å²) in [4.78, 5) is 28.5. The molecule has 0 atom stereocenters. The Hall–Kier alpha value is -4.30. The maximum Gasteiger partial charge on any atom is 0.257 e. The van der Waals surface area contributed by atoms with Crippen LogP contribution in [0, 0.1) is 0 Å². The molecule has 0 bridgehead atoms. The van der Waals surface area contributed by atoms with Crippen molar-refractivity contribution in [1.29, 1.82) is 0 Å². The second kappa shape index (κ2) is 9.29. The van der Waals surface area contributed by atoms with E-state index >= 15 is 0 Å². The minimum Gasteiger partial charge on any atom is -0.355 e. The first kappa shape index (κ1) is 21.5. The summed E-state index contributed by atoms with van der Waals surface area (Å²) in [6.45, 7) is 1.97. The molecule has 34 heavy (non-hydrogen) atoms. The Balaban J connectivity index is 1.32. The Labute approximate surface area is 199 Å². The number of nitrogens with zero attached hydrogens (tertiary/aromatic N) is 2. The van der Waals surface area contributed by atoms with Gasteiger partial charge in [-0.1, -0.05) is 59.8 Å². The topological polar surface area (TPSA) is 97.1 Å². The molecule has 5 aromatic rings. The van der Waals surface area contributed by atoms with E-state index in [0.29, 0.717) is 28.5 Å². The van der Waals surface area contributed by atoms with Gasteiger partial charge in [0.1, 0.15) is 5.52 Å². The molecule has 0 saturated carbocycles. The molecule has 3 aromatic carbocycles. The zero-order valence-corrected chi connectivity index (χ0v) is 19.1. The maximum atomic E-state index is 12.9. The highest BCUT2D eigenvalue weighted by molar-refractivity contribution is 7.14. The second-order valence-corrected chi connectivity index (χ2v) is 8.57. The van der Waals surface area contributed by atoms with Gasteiger partial charge >= 0.3 is 0 Å². The Morgan fingerprint density at radius 1 is 0.971 bits per heavy atom. The lowest BCUT2D eigenvalue weighted by atomic mass is 10.1. The van der Waals surface area contributed by atoms with Crippen molar-refractivity contribution in [2.75, 3.05) is 5.32 Å². The third-order valence-corrected chi connectivity index (χ3v) is 6.05. The summed E-state index contributed by atoms with van der Waals surface area (Å²) in [6.07, 6.45) is 0. The van der Waals surface area contributed by atoms with Gasteiger partial charge in [-0.3, -0.25) is 14.9 Å². The molecule has 0 aliphatic rings. The van der Waals surface area contributed by atoms with Crippen molar-refractivity contribution in [2.24, 2.45) is 0 Å². The van der Waals surface area contributed by atoms with E-state index in [1.807, 2.05) is 60.0 Å². The van der Waals surface area contributed by atoms with Crippen LogP contribution in [0.25, 0.3) is 33.5 Å². The van der Waals surface area contributed by atoms with Gasteiger partial charge < -0.3 is 9.84 Å². The molecule has 0 radical (unpaired) electrons. The Bertz CT molecular complexity index is 1470. The van der Waals surface area contributed by atoms with E-state index in [2.05, 4.69) is 20.8 Å². The summed E-state index contributed by atoms with van der Waals surface area (Å²) in [5.74, 6) is 0.306. The fraction of sp³-hybridized carbons (Fsp3) is 0.0769. The number of fused-ring (bicyclic) bond motifs is 1. The van der Waals surface area contributed by atoms with Crippen LogP contribution in [0.4, 0.5) is 5.13 Å². The van der Waals surface area contributed by atoms with Crippen LogP contribution < -0.4 is 10.6 Å². The van der Waals surface area contributed by atoms with Crippen molar-refractivity contribution in [3.05, 3.63) is 89.3 Å². The number of aromatic nitrogens is 2. The van der Waals surface area contributed by atoms with E-state index in [9.17, 15) is 9.59 Å². The average molecular weight is 469 g/mol. The zero-order valence-electron chi connectivity index (χ0n) is 18.2. The van der Waals surface area contributed by atoms with Gasteiger partial charge in [0.05, 0.1) is 11.1 Å². The van der Waals surface area contributed by atoms with Gasteiger partial charge in [0, 0.05) is 35.5 Å². The third-order valence-electron chi connectivity index (χ3n) is 5.29. The van der Waals surface area contributed by atoms with Crippen LogP contribution >= 0.6 is 11.3 Å². The van der Waals surface area contributed by atoms with E-state index in [-0.39, 0.29) is 11.8 Å². The number of carbonyl (C=O) groups is 2. The van der Waals surface area contributed by atoms with Crippen LogP contribution in [0.15, 0.2) is 82.7 Å². The number of anilines is 1. The summed E-state index contributed by atoms with van der Waals surface area (Å²) in [7, 11) is 0. The third kappa shape index (κ3) is 4.57. The van der Waals surface area contributed by atoms with Gasteiger partial charge in [0.25, 0.3) is 5.91 Å². The number of benzene rings is 3. The lowest BCUT2D eigenvalue weighted by molar-refractivity contribution is -0.119. The van der Waals surface area contributed by atoms with E-state index < -0.39 is 0 Å². The Morgan fingerprint density at radius 3 is 2.53 bits per heavy atom. The van der Waals surface area contributed by atoms with E-state index in [0.717, 1.165) is 27.8 Å². The molecular weight excluding hydrogens is 448 g/mol. The molecule has 7 nitrogen and oxygen atoms in total. The molecule has 2 heterocycles. The van der Waals surface area contributed by atoms with Crippen LogP contribution in [0.1, 0.15) is 22.8 Å². The predicted octanol–water partition coefficient (Wildman–Crippen LogP) is 5.51. The molecule has 8 heteroatoms. The first-order valence-corrected chi connectivity index (χ1v) is 11.5. The highest BCUT2D eigenvalue weighted by Gasteiger charge is 2.15. The summed E-state index contributed by atoms with van der Waals surface area (Å²) in [5, 5.41) is 12.9. The Morgan fingerprint density at radius 2 is 1.76 bits per heavy atom. The number of hydrogen-bond acceptors (Lipinski definition) is 6. The molecule has 168 valence electrons. The molecular formula is C26H20N4O3S. The predicted molar refractivity (Wildman–Crippen MR) is 132 cm³/mol.